The highest BCUT2D eigenvalue weighted by atomic mass is 127. The van der Waals surface area contributed by atoms with Crippen molar-refractivity contribution < 1.29 is 4.79 Å². The second-order valence-corrected chi connectivity index (χ2v) is 6.71. The maximum atomic E-state index is 12.2. The molecule has 1 amide bonds. The van der Waals surface area contributed by atoms with Gasteiger partial charge in [-0.3, -0.25) is 4.79 Å². The number of rotatable bonds is 1. The van der Waals surface area contributed by atoms with Crippen LogP contribution in [0, 0.1) is 2.88 Å². The lowest BCUT2D eigenvalue weighted by Gasteiger charge is -2.27. The first-order chi connectivity index (χ1) is 8.24. The lowest BCUT2D eigenvalue weighted by molar-refractivity contribution is 0.0708. The van der Waals surface area contributed by atoms with Crippen LogP contribution in [-0.4, -0.2) is 26.9 Å². The van der Waals surface area contributed by atoms with Gasteiger partial charge in [-0.2, -0.15) is 0 Å². The van der Waals surface area contributed by atoms with Crippen LogP contribution in [-0.2, 0) is 13.1 Å². The highest BCUT2D eigenvalue weighted by Crippen LogP contribution is 2.20. The number of carbonyl (C=O) groups excluding carboxylic acids is 1. The lowest BCUT2D eigenvalue weighted by Crippen LogP contribution is -2.38. The maximum Gasteiger partial charge on any atom is 0.255 e. The molecule has 0 saturated heterocycles. The Balaban J connectivity index is 1.81. The van der Waals surface area contributed by atoms with Crippen LogP contribution in [0.15, 0.2) is 23.8 Å². The van der Waals surface area contributed by atoms with E-state index >= 15 is 0 Å². The Morgan fingerprint density at radius 2 is 2.35 bits per heavy atom. The highest BCUT2D eigenvalue weighted by molar-refractivity contribution is 14.1. The van der Waals surface area contributed by atoms with Gasteiger partial charge in [-0.05, 0) is 28.7 Å². The quantitative estimate of drug-likeness (QED) is 0.733. The predicted octanol–water partition coefficient (Wildman–Crippen LogP) is 2.21. The third-order valence-electron chi connectivity index (χ3n) is 2.85. The molecule has 17 heavy (non-hydrogen) atoms. The fourth-order valence-corrected chi connectivity index (χ4v) is 3.27. The van der Waals surface area contributed by atoms with Gasteiger partial charge in [0.1, 0.15) is 5.82 Å². The molecule has 3 rings (SSSR count). The Kier molecular flexibility index (Phi) is 2.91. The van der Waals surface area contributed by atoms with E-state index in [-0.39, 0.29) is 5.91 Å². The zero-order valence-electron chi connectivity index (χ0n) is 8.97. The van der Waals surface area contributed by atoms with Gasteiger partial charge in [0, 0.05) is 30.9 Å². The van der Waals surface area contributed by atoms with E-state index in [1.807, 2.05) is 22.5 Å². The Bertz CT molecular complexity index is 563. The van der Waals surface area contributed by atoms with Crippen molar-refractivity contribution in [2.75, 3.05) is 6.54 Å². The van der Waals surface area contributed by atoms with Gasteiger partial charge in [0.25, 0.3) is 5.91 Å². The van der Waals surface area contributed by atoms with Gasteiger partial charge in [0.05, 0.1) is 15.0 Å². The van der Waals surface area contributed by atoms with E-state index in [2.05, 4.69) is 32.1 Å². The molecule has 0 spiro atoms. The van der Waals surface area contributed by atoms with Gasteiger partial charge in [-0.1, -0.05) is 0 Å². The molecular weight excluding hydrogens is 349 g/mol. The summed E-state index contributed by atoms with van der Waals surface area (Å²) in [5.74, 6) is 1.08. The second kappa shape index (κ2) is 4.41. The van der Waals surface area contributed by atoms with Gasteiger partial charge in [0.2, 0.25) is 0 Å². The van der Waals surface area contributed by atoms with Gasteiger partial charge in [-0.25, -0.2) is 4.98 Å². The first-order valence-corrected chi connectivity index (χ1v) is 7.23. The monoisotopic (exact) mass is 359 g/mol. The number of halogens is 1. The number of amides is 1. The normalized spacial score (nSPS) is 14.8. The van der Waals surface area contributed by atoms with Crippen LogP contribution in [0.4, 0.5) is 0 Å². The van der Waals surface area contributed by atoms with Gasteiger partial charge in [-0.15, -0.1) is 11.3 Å². The van der Waals surface area contributed by atoms with E-state index in [4.69, 9.17) is 0 Å². The van der Waals surface area contributed by atoms with Crippen LogP contribution < -0.4 is 0 Å². The molecule has 0 N–H and O–H groups in total. The molecule has 0 unspecified atom stereocenters. The molecule has 6 heteroatoms. The summed E-state index contributed by atoms with van der Waals surface area (Å²) in [6, 6.07) is 1.94. The Morgan fingerprint density at radius 3 is 3.12 bits per heavy atom. The zero-order chi connectivity index (χ0) is 11.8. The molecular formula is C11H10IN3OS. The molecule has 0 radical (unpaired) electrons. The molecule has 0 atom stereocenters. The van der Waals surface area contributed by atoms with Crippen molar-refractivity contribution in [3.63, 3.8) is 0 Å². The van der Waals surface area contributed by atoms with Crippen LogP contribution in [0.3, 0.4) is 0 Å². The number of thiophene rings is 1. The number of hydrogen-bond donors (Lipinski definition) is 0. The molecule has 3 heterocycles. The molecule has 0 aromatic carbocycles. The average molecular weight is 359 g/mol. The molecule has 88 valence electrons. The van der Waals surface area contributed by atoms with Crippen LogP contribution in [0.25, 0.3) is 0 Å². The average Bonchev–Trinajstić information content (AvgIpc) is 2.95. The standard InChI is InChI=1S/C11H10IN3OS/c12-9-5-8(7-17-9)11(16)15-4-3-14-2-1-13-10(14)6-15/h1-2,5,7H,3-4,6H2. The summed E-state index contributed by atoms with van der Waals surface area (Å²) in [5, 5.41) is 1.92. The van der Waals surface area contributed by atoms with Gasteiger partial charge < -0.3 is 9.47 Å². The van der Waals surface area contributed by atoms with Crippen molar-refractivity contribution in [2.24, 2.45) is 0 Å². The fourth-order valence-electron chi connectivity index (χ4n) is 1.95. The summed E-state index contributed by atoms with van der Waals surface area (Å²) in [7, 11) is 0. The molecule has 2 aromatic rings. The lowest BCUT2D eigenvalue weighted by atomic mass is 10.2. The van der Waals surface area contributed by atoms with Crippen LogP contribution >= 0.6 is 33.9 Å². The van der Waals surface area contributed by atoms with Crippen molar-refractivity contribution in [2.45, 2.75) is 13.1 Å². The summed E-state index contributed by atoms with van der Waals surface area (Å²) in [4.78, 5) is 18.4. The fraction of sp³-hybridized carbons (Fsp3) is 0.273. The number of aromatic nitrogens is 2. The summed E-state index contributed by atoms with van der Waals surface area (Å²) in [6.07, 6.45) is 3.75. The van der Waals surface area contributed by atoms with Gasteiger partial charge in [0.15, 0.2) is 0 Å². The van der Waals surface area contributed by atoms with E-state index in [1.165, 1.54) is 0 Å². The first-order valence-electron chi connectivity index (χ1n) is 5.27. The minimum Gasteiger partial charge on any atom is -0.332 e. The summed E-state index contributed by atoms with van der Waals surface area (Å²) in [5.41, 5.74) is 0.791. The summed E-state index contributed by atoms with van der Waals surface area (Å²) < 4.78 is 3.24. The smallest absolute Gasteiger partial charge is 0.255 e. The molecule has 0 saturated carbocycles. The van der Waals surface area contributed by atoms with E-state index < -0.39 is 0 Å². The largest absolute Gasteiger partial charge is 0.332 e. The molecule has 4 nitrogen and oxygen atoms in total. The number of hydrogen-bond acceptors (Lipinski definition) is 3. The first kappa shape index (κ1) is 11.2. The molecule has 1 aliphatic rings. The van der Waals surface area contributed by atoms with Crippen molar-refractivity contribution in [3.8, 4) is 0 Å². The van der Waals surface area contributed by atoms with Crippen molar-refractivity contribution >= 4 is 39.8 Å². The molecule has 2 aromatic heterocycles. The van der Waals surface area contributed by atoms with Gasteiger partial charge >= 0.3 is 0 Å². The molecule has 0 fully saturated rings. The molecule has 1 aliphatic heterocycles. The minimum atomic E-state index is 0.110. The van der Waals surface area contributed by atoms with Crippen LogP contribution in [0.1, 0.15) is 16.2 Å². The number of fused-ring (bicyclic) bond motifs is 1. The Morgan fingerprint density at radius 1 is 1.47 bits per heavy atom. The zero-order valence-corrected chi connectivity index (χ0v) is 11.9. The van der Waals surface area contributed by atoms with E-state index in [1.54, 1.807) is 17.5 Å². The van der Waals surface area contributed by atoms with E-state index in [0.29, 0.717) is 6.54 Å². The van der Waals surface area contributed by atoms with Crippen LogP contribution in [0.5, 0.6) is 0 Å². The topological polar surface area (TPSA) is 38.1 Å². The number of carbonyl (C=O) groups is 1. The van der Waals surface area contributed by atoms with Crippen molar-refractivity contribution in [3.05, 3.63) is 38.1 Å². The van der Waals surface area contributed by atoms with Crippen LogP contribution in [0.2, 0.25) is 0 Å². The third-order valence-corrected chi connectivity index (χ3v) is 4.64. The van der Waals surface area contributed by atoms with Crippen molar-refractivity contribution in [1.82, 2.24) is 14.5 Å². The number of imidazole rings is 1. The molecule has 0 bridgehead atoms. The van der Waals surface area contributed by atoms with E-state index in [0.717, 1.165) is 27.4 Å². The van der Waals surface area contributed by atoms with E-state index in [9.17, 15) is 4.79 Å². The second-order valence-electron chi connectivity index (χ2n) is 3.90. The molecule has 0 aliphatic carbocycles. The maximum absolute atomic E-state index is 12.2. The SMILES string of the molecule is O=C(c1csc(I)c1)N1CCn2ccnc2C1. The highest BCUT2D eigenvalue weighted by Gasteiger charge is 2.22. The summed E-state index contributed by atoms with van der Waals surface area (Å²) >= 11 is 3.84. The number of nitrogens with zero attached hydrogens (tertiary/aromatic N) is 3. The Hall–Kier alpha value is -0.890. The minimum absolute atomic E-state index is 0.110. The predicted molar refractivity (Wildman–Crippen MR) is 74.0 cm³/mol. The Labute approximate surface area is 116 Å². The summed E-state index contributed by atoms with van der Waals surface area (Å²) in [6.45, 7) is 2.20. The van der Waals surface area contributed by atoms with Crippen molar-refractivity contribution in [1.29, 1.82) is 0 Å². The third kappa shape index (κ3) is 2.11.